The Bertz CT molecular complexity index is 771. The van der Waals surface area contributed by atoms with Gasteiger partial charge in [0.05, 0.1) is 5.60 Å². The number of nitrogens with two attached hydrogens (primary N) is 1. The van der Waals surface area contributed by atoms with Gasteiger partial charge in [0.15, 0.2) is 0 Å². The fourth-order valence-electron chi connectivity index (χ4n) is 2.90. The van der Waals surface area contributed by atoms with E-state index in [0.29, 0.717) is 21.2 Å². The summed E-state index contributed by atoms with van der Waals surface area (Å²) in [6.45, 7) is 1.77. The van der Waals surface area contributed by atoms with Crippen molar-refractivity contribution >= 4 is 29.3 Å². The van der Waals surface area contributed by atoms with Crippen LogP contribution in [0.3, 0.4) is 0 Å². The van der Waals surface area contributed by atoms with Gasteiger partial charge in [0, 0.05) is 27.6 Å². The van der Waals surface area contributed by atoms with Crippen LogP contribution in [-0.4, -0.2) is 22.4 Å². The fourth-order valence-corrected chi connectivity index (χ4v) is 3.46. The van der Waals surface area contributed by atoms with E-state index in [1.807, 2.05) is 0 Å². The minimum Gasteiger partial charge on any atom is -0.443 e. The summed E-state index contributed by atoms with van der Waals surface area (Å²) in [7, 11) is 0. The van der Waals surface area contributed by atoms with E-state index in [1.54, 1.807) is 55.5 Å². The van der Waals surface area contributed by atoms with E-state index in [-0.39, 0.29) is 12.8 Å². The molecule has 0 bridgehead atoms. The average Bonchev–Trinajstić information content (AvgIpc) is 2.61. The number of amides is 1. The molecule has 2 aromatic carbocycles. The molecule has 7 heteroatoms. The molecular weight excluding hydrogens is 377 g/mol. The molecule has 4 N–H and O–H groups in total. The molecule has 26 heavy (non-hydrogen) atoms. The molecule has 0 fully saturated rings. The van der Waals surface area contributed by atoms with Crippen LogP contribution in [0, 0.1) is 0 Å². The van der Waals surface area contributed by atoms with Crippen molar-refractivity contribution in [1.29, 1.82) is 0 Å². The van der Waals surface area contributed by atoms with Gasteiger partial charge in [-0.15, -0.1) is 0 Å². The number of hydrogen-bond acceptors (Lipinski definition) is 4. The smallest absolute Gasteiger partial charge is 0.404 e. The van der Waals surface area contributed by atoms with Crippen LogP contribution in [0.15, 0.2) is 48.5 Å². The molecule has 5 nitrogen and oxygen atoms in total. The van der Waals surface area contributed by atoms with E-state index in [0.717, 1.165) is 0 Å². The van der Waals surface area contributed by atoms with Gasteiger partial charge in [0.2, 0.25) is 0 Å². The second-order valence-electron chi connectivity index (χ2n) is 6.01. The molecule has 0 spiro atoms. The number of aliphatic hydroxyl groups excluding tert-OH is 1. The molecule has 0 aromatic heterocycles. The zero-order valence-electron chi connectivity index (χ0n) is 14.2. The molecule has 0 heterocycles. The van der Waals surface area contributed by atoms with Gasteiger partial charge in [-0.1, -0.05) is 66.5 Å². The van der Waals surface area contributed by atoms with Crippen LogP contribution in [-0.2, 0) is 10.3 Å². The predicted octanol–water partition coefficient (Wildman–Crippen LogP) is 4.18. The number of ether oxygens (including phenoxy) is 1. The van der Waals surface area contributed by atoms with Crippen molar-refractivity contribution in [2.75, 3.05) is 0 Å². The number of hydrogen-bond donors (Lipinski definition) is 3. The zero-order valence-corrected chi connectivity index (χ0v) is 15.7. The van der Waals surface area contributed by atoms with E-state index in [9.17, 15) is 15.0 Å². The van der Waals surface area contributed by atoms with E-state index in [1.165, 1.54) is 0 Å². The standard InChI is InChI=1S/C19H21Cl2NO4/c1-2-19(25,13-8-4-6-10-15(13)21)11-16(26-18(22)24)17(23)12-7-3-5-9-14(12)20/h3-10,16-17,23,25H,2,11H2,1H3,(H2,22,24)/t16?,17?,19-/m0/s1. The average molecular weight is 398 g/mol. The molecule has 140 valence electrons. The molecule has 2 unspecified atom stereocenters. The lowest BCUT2D eigenvalue weighted by Gasteiger charge is -2.34. The lowest BCUT2D eigenvalue weighted by molar-refractivity contribution is -0.0647. The number of halogens is 2. The number of aliphatic hydroxyl groups is 2. The largest absolute Gasteiger partial charge is 0.443 e. The maximum absolute atomic E-state index is 11.4. The normalized spacial score (nSPS) is 15.7. The summed E-state index contributed by atoms with van der Waals surface area (Å²) >= 11 is 12.4. The van der Waals surface area contributed by atoms with Crippen molar-refractivity contribution in [3.63, 3.8) is 0 Å². The molecule has 2 rings (SSSR count). The highest BCUT2D eigenvalue weighted by molar-refractivity contribution is 6.31. The van der Waals surface area contributed by atoms with Crippen LogP contribution in [0.1, 0.15) is 37.0 Å². The summed E-state index contributed by atoms with van der Waals surface area (Å²) in [6.07, 6.45) is -3.27. The topological polar surface area (TPSA) is 92.8 Å². The molecule has 3 atom stereocenters. The van der Waals surface area contributed by atoms with Crippen molar-refractivity contribution in [3.8, 4) is 0 Å². The van der Waals surface area contributed by atoms with Crippen molar-refractivity contribution in [2.24, 2.45) is 5.73 Å². The van der Waals surface area contributed by atoms with E-state index in [2.05, 4.69) is 0 Å². The van der Waals surface area contributed by atoms with E-state index >= 15 is 0 Å². The van der Waals surface area contributed by atoms with Gasteiger partial charge < -0.3 is 20.7 Å². The zero-order chi connectivity index (χ0) is 19.3. The number of carbonyl (C=O) groups excluding carboxylic acids is 1. The minimum atomic E-state index is -1.43. The van der Waals surface area contributed by atoms with Crippen molar-refractivity contribution < 1.29 is 19.7 Å². The molecule has 0 saturated heterocycles. The molecule has 0 aliphatic rings. The van der Waals surface area contributed by atoms with Crippen LogP contribution in [0.25, 0.3) is 0 Å². The van der Waals surface area contributed by atoms with E-state index < -0.39 is 23.9 Å². The fraction of sp³-hybridized carbons (Fsp3) is 0.316. The van der Waals surface area contributed by atoms with Gasteiger partial charge in [-0.05, 0) is 18.6 Å². The summed E-state index contributed by atoms with van der Waals surface area (Å²) in [5.41, 5.74) is 4.59. The van der Waals surface area contributed by atoms with Crippen molar-refractivity contribution in [1.82, 2.24) is 0 Å². The Kier molecular flexibility index (Phi) is 6.89. The first-order valence-corrected chi connectivity index (χ1v) is 8.90. The SMILES string of the molecule is CC[C@](O)(CC(OC(N)=O)C(O)c1ccccc1Cl)c1ccccc1Cl. The third-order valence-corrected chi connectivity index (χ3v) is 5.02. The molecule has 0 saturated carbocycles. The first kappa shape index (κ1) is 20.5. The van der Waals surface area contributed by atoms with Gasteiger partial charge in [-0.25, -0.2) is 4.79 Å². The van der Waals surface area contributed by atoms with Crippen molar-refractivity contribution in [3.05, 3.63) is 69.7 Å². The maximum atomic E-state index is 11.4. The Balaban J connectivity index is 2.39. The summed E-state index contributed by atoms with van der Waals surface area (Å²) in [5.74, 6) is 0. The predicted molar refractivity (Wildman–Crippen MR) is 101 cm³/mol. The van der Waals surface area contributed by atoms with Crippen LogP contribution in [0.5, 0.6) is 0 Å². The highest BCUT2D eigenvalue weighted by Crippen LogP contribution is 2.38. The summed E-state index contributed by atoms with van der Waals surface area (Å²) < 4.78 is 5.11. The highest BCUT2D eigenvalue weighted by atomic mass is 35.5. The highest BCUT2D eigenvalue weighted by Gasteiger charge is 2.37. The Morgan fingerprint density at radius 3 is 2.27 bits per heavy atom. The van der Waals surface area contributed by atoms with Crippen molar-refractivity contribution in [2.45, 2.75) is 37.6 Å². The van der Waals surface area contributed by atoms with Gasteiger partial charge in [0.25, 0.3) is 0 Å². The first-order valence-electron chi connectivity index (χ1n) is 8.14. The third-order valence-electron chi connectivity index (χ3n) is 4.34. The molecule has 2 aromatic rings. The second-order valence-corrected chi connectivity index (χ2v) is 6.83. The number of rotatable bonds is 7. The minimum absolute atomic E-state index is 0.109. The number of primary amides is 1. The Labute approximate surface area is 162 Å². The maximum Gasteiger partial charge on any atom is 0.404 e. The summed E-state index contributed by atoms with van der Waals surface area (Å²) in [5, 5.41) is 22.6. The molecule has 0 aliphatic carbocycles. The van der Waals surface area contributed by atoms with Gasteiger partial charge >= 0.3 is 6.09 Å². The lowest BCUT2D eigenvalue weighted by Crippen LogP contribution is -2.37. The monoisotopic (exact) mass is 397 g/mol. The molecule has 1 amide bonds. The quantitative estimate of drug-likeness (QED) is 0.653. The summed E-state index contributed by atoms with van der Waals surface area (Å²) in [6, 6.07) is 13.5. The van der Waals surface area contributed by atoms with Crippen LogP contribution in [0.4, 0.5) is 4.79 Å². The Morgan fingerprint density at radius 2 is 1.73 bits per heavy atom. The van der Waals surface area contributed by atoms with Gasteiger partial charge in [-0.2, -0.15) is 0 Å². The number of benzene rings is 2. The first-order chi connectivity index (χ1) is 12.3. The van der Waals surface area contributed by atoms with Crippen LogP contribution >= 0.6 is 23.2 Å². The third kappa shape index (κ3) is 4.68. The number of carbonyl (C=O) groups is 1. The summed E-state index contributed by atoms with van der Waals surface area (Å²) in [4.78, 5) is 11.4. The molecule has 0 radical (unpaired) electrons. The van der Waals surface area contributed by atoms with E-state index in [4.69, 9.17) is 33.7 Å². The van der Waals surface area contributed by atoms with Gasteiger partial charge in [-0.3, -0.25) is 0 Å². The molecular formula is C19H21Cl2NO4. The van der Waals surface area contributed by atoms with Crippen LogP contribution in [0.2, 0.25) is 10.0 Å². The van der Waals surface area contributed by atoms with Gasteiger partial charge in [0.1, 0.15) is 12.2 Å². The Morgan fingerprint density at radius 1 is 1.15 bits per heavy atom. The Hall–Kier alpha value is -1.79. The lowest BCUT2D eigenvalue weighted by atomic mass is 9.83. The van der Waals surface area contributed by atoms with Crippen LogP contribution < -0.4 is 5.73 Å². The molecule has 0 aliphatic heterocycles. The second kappa shape index (κ2) is 8.73.